The molecule has 0 N–H and O–H groups in total. The van der Waals surface area contributed by atoms with Gasteiger partial charge in [0.05, 0.1) is 0 Å². The van der Waals surface area contributed by atoms with E-state index in [0.29, 0.717) is 0 Å². The zero-order chi connectivity index (χ0) is 20.1. The first-order chi connectivity index (χ1) is 13.2. The highest BCUT2D eigenvalue weighted by molar-refractivity contribution is 6.97. The number of aryl methyl sites for hydroxylation is 3. The highest BCUT2D eigenvalue weighted by atomic mass is 16.5. The molecule has 1 aliphatic heterocycles. The van der Waals surface area contributed by atoms with E-state index < -0.39 is 0 Å². The molecule has 1 nitrogen and oxygen atoms in total. The van der Waals surface area contributed by atoms with E-state index in [4.69, 9.17) is 4.74 Å². The molecule has 142 valence electrons. The molecule has 0 atom stereocenters. The van der Waals surface area contributed by atoms with Crippen LogP contribution in [0.15, 0.2) is 54.6 Å². The van der Waals surface area contributed by atoms with Gasteiger partial charge in [-0.25, -0.2) is 0 Å². The monoisotopic (exact) mass is 368 g/mol. The number of hydrogen-bond donors (Lipinski definition) is 0. The number of rotatable bonds is 2. The van der Waals surface area contributed by atoms with Crippen LogP contribution < -0.4 is 21.1 Å². The van der Waals surface area contributed by atoms with E-state index in [1.807, 2.05) is 0 Å². The predicted molar refractivity (Wildman–Crippen MR) is 121 cm³/mol. The highest BCUT2D eigenvalue weighted by Gasteiger charge is 2.34. The zero-order valence-corrected chi connectivity index (χ0v) is 17.9. The molecular formula is C26H29BO. The lowest BCUT2D eigenvalue weighted by molar-refractivity contribution is 0.411. The maximum Gasteiger partial charge on any atom is 0.251 e. The fraction of sp³-hybridized carbons (Fsp3) is 0.308. The van der Waals surface area contributed by atoms with Gasteiger partial charge >= 0.3 is 0 Å². The van der Waals surface area contributed by atoms with Crippen LogP contribution in [0.5, 0.6) is 11.5 Å². The maximum atomic E-state index is 6.32. The van der Waals surface area contributed by atoms with E-state index in [2.05, 4.69) is 96.1 Å². The molecule has 4 rings (SSSR count). The van der Waals surface area contributed by atoms with Gasteiger partial charge in [0.1, 0.15) is 11.5 Å². The molecule has 28 heavy (non-hydrogen) atoms. The van der Waals surface area contributed by atoms with Crippen molar-refractivity contribution in [3.63, 3.8) is 0 Å². The Kier molecular flexibility index (Phi) is 4.61. The first-order valence-electron chi connectivity index (χ1n) is 10.2. The number of hydrogen-bond acceptors (Lipinski definition) is 1. The molecule has 0 saturated carbocycles. The van der Waals surface area contributed by atoms with Gasteiger partial charge in [0.15, 0.2) is 0 Å². The summed E-state index contributed by atoms with van der Waals surface area (Å²) in [5.74, 6) is 1.96. The Bertz CT molecular complexity index is 1020. The highest BCUT2D eigenvalue weighted by Crippen LogP contribution is 2.28. The second-order valence-corrected chi connectivity index (χ2v) is 9.49. The Morgan fingerprint density at radius 2 is 1.43 bits per heavy atom. The lowest BCUT2D eigenvalue weighted by Gasteiger charge is -2.30. The molecule has 3 aromatic rings. The molecular weight excluding hydrogens is 339 g/mol. The quantitative estimate of drug-likeness (QED) is 0.461. The molecule has 0 spiro atoms. The second-order valence-electron chi connectivity index (χ2n) is 9.49. The summed E-state index contributed by atoms with van der Waals surface area (Å²) in [6.45, 7) is 13.8. The van der Waals surface area contributed by atoms with Crippen molar-refractivity contribution in [2.45, 2.75) is 48.0 Å². The summed E-state index contributed by atoms with van der Waals surface area (Å²) in [5.41, 5.74) is 9.62. The van der Waals surface area contributed by atoms with Crippen LogP contribution in [0, 0.1) is 26.2 Å². The minimum atomic E-state index is 0.209. The Hall–Kier alpha value is -2.48. The first-order valence-corrected chi connectivity index (χ1v) is 10.2. The zero-order valence-electron chi connectivity index (χ0n) is 17.9. The van der Waals surface area contributed by atoms with E-state index in [0.717, 1.165) is 17.9 Å². The summed E-state index contributed by atoms with van der Waals surface area (Å²) in [7, 11) is 0. The van der Waals surface area contributed by atoms with Gasteiger partial charge in [0.25, 0.3) is 6.71 Å². The lowest BCUT2D eigenvalue weighted by atomic mass is 9.34. The van der Waals surface area contributed by atoms with Crippen LogP contribution in [0.3, 0.4) is 0 Å². The molecule has 0 aliphatic carbocycles. The molecule has 0 aromatic heterocycles. The van der Waals surface area contributed by atoms with Crippen molar-refractivity contribution in [3.05, 3.63) is 76.9 Å². The minimum absolute atomic E-state index is 0.209. The topological polar surface area (TPSA) is 9.23 Å². The number of fused-ring (bicyclic) bond motifs is 2. The predicted octanol–water partition coefficient (Wildman–Crippen LogP) is 4.82. The molecule has 0 unspecified atom stereocenters. The van der Waals surface area contributed by atoms with Gasteiger partial charge in [-0.3, -0.25) is 0 Å². The summed E-state index contributed by atoms with van der Waals surface area (Å²) >= 11 is 0. The van der Waals surface area contributed by atoms with Crippen molar-refractivity contribution in [2.75, 3.05) is 0 Å². The van der Waals surface area contributed by atoms with Gasteiger partial charge in [-0.15, -0.1) is 0 Å². The van der Waals surface area contributed by atoms with E-state index in [9.17, 15) is 0 Å². The van der Waals surface area contributed by atoms with Gasteiger partial charge < -0.3 is 4.74 Å². The first kappa shape index (κ1) is 18.9. The number of ether oxygens (including phenoxy) is 1. The summed E-state index contributed by atoms with van der Waals surface area (Å²) < 4.78 is 6.32. The third-order valence-corrected chi connectivity index (χ3v) is 5.60. The van der Waals surface area contributed by atoms with E-state index in [1.165, 1.54) is 38.6 Å². The minimum Gasteiger partial charge on any atom is -0.458 e. The molecule has 0 fully saturated rings. The van der Waals surface area contributed by atoms with Gasteiger partial charge in [-0.2, -0.15) is 0 Å². The molecule has 1 heterocycles. The van der Waals surface area contributed by atoms with E-state index in [-0.39, 0.29) is 12.1 Å². The van der Waals surface area contributed by atoms with Crippen LogP contribution in [-0.2, 0) is 6.42 Å². The van der Waals surface area contributed by atoms with Crippen molar-refractivity contribution in [1.29, 1.82) is 0 Å². The maximum absolute atomic E-state index is 6.32. The molecule has 0 saturated heterocycles. The van der Waals surface area contributed by atoms with Gasteiger partial charge in [-0.05, 0) is 61.2 Å². The van der Waals surface area contributed by atoms with Crippen LogP contribution in [-0.4, -0.2) is 6.71 Å². The fourth-order valence-corrected chi connectivity index (χ4v) is 4.69. The van der Waals surface area contributed by atoms with Crippen molar-refractivity contribution in [1.82, 2.24) is 0 Å². The third kappa shape index (κ3) is 3.48. The van der Waals surface area contributed by atoms with E-state index in [1.54, 1.807) is 0 Å². The van der Waals surface area contributed by atoms with Crippen molar-refractivity contribution >= 4 is 23.1 Å². The largest absolute Gasteiger partial charge is 0.458 e. The van der Waals surface area contributed by atoms with Crippen molar-refractivity contribution in [3.8, 4) is 11.5 Å². The third-order valence-electron chi connectivity index (χ3n) is 5.60. The van der Waals surface area contributed by atoms with Crippen molar-refractivity contribution in [2.24, 2.45) is 5.41 Å². The van der Waals surface area contributed by atoms with Gasteiger partial charge in [0, 0.05) is 0 Å². The smallest absolute Gasteiger partial charge is 0.251 e. The average molecular weight is 368 g/mol. The normalized spacial score (nSPS) is 13.0. The Balaban J connectivity index is 1.94. The summed E-state index contributed by atoms with van der Waals surface area (Å²) in [6.07, 6.45) is 1.06. The van der Waals surface area contributed by atoms with E-state index >= 15 is 0 Å². The molecule has 1 aliphatic rings. The lowest BCUT2D eigenvalue weighted by Crippen LogP contribution is -2.56. The molecule has 2 heteroatoms. The second kappa shape index (κ2) is 6.85. The SMILES string of the molecule is Cc1cc(C)c(B2c3ccccc3Oc3ccc(CC(C)(C)C)cc32)c(C)c1. The summed E-state index contributed by atoms with van der Waals surface area (Å²) in [5, 5.41) is 0. The number of benzene rings is 3. The van der Waals surface area contributed by atoms with Crippen LogP contribution in [0.1, 0.15) is 43.0 Å². The van der Waals surface area contributed by atoms with Crippen LogP contribution in [0.4, 0.5) is 0 Å². The molecule has 0 radical (unpaired) electrons. The molecule has 0 bridgehead atoms. The van der Waals surface area contributed by atoms with Crippen molar-refractivity contribution < 1.29 is 4.74 Å². The standard InChI is InChI=1S/C26H29BO/c1-17-13-18(2)25(19(3)14-17)27-21-9-7-8-10-23(21)28-24-12-11-20(15-22(24)27)16-26(4,5)6/h7-15H,16H2,1-6H3. The van der Waals surface area contributed by atoms with Gasteiger partial charge in [0.2, 0.25) is 0 Å². The Morgan fingerprint density at radius 1 is 0.786 bits per heavy atom. The van der Waals surface area contributed by atoms with Crippen LogP contribution in [0.2, 0.25) is 0 Å². The fourth-order valence-electron chi connectivity index (χ4n) is 4.69. The molecule has 0 amide bonds. The van der Waals surface area contributed by atoms with Crippen LogP contribution in [0.25, 0.3) is 0 Å². The van der Waals surface area contributed by atoms with Gasteiger partial charge in [-0.1, -0.05) is 85.4 Å². The Labute approximate surface area is 169 Å². The number of para-hydroxylation sites is 1. The Morgan fingerprint density at radius 3 is 2.11 bits per heavy atom. The van der Waals surface area contributed by atoms with Crippen LogP contribution >= 0.6 is 0 Å². The summed E-state index contributed by atoms with van der Waals surface area (Å²) in [4.78, 5) is 0. The molecule has 3 aromatic carbocycles. The summed E-state index contributed by atoms with van der Waals surface area (Å²) in [6, 6.07) is 19.9. The average Bonchev–Trinajstić information content (AvgIpc) is 2.59.